The number of hydrogen-bond donors (Lipinski definition) is 1. The molecule has 0 aromatic rings. The second-order valence-electron chi connectivity index (χ2n) is 6.08. The molecule has 1 rings (SSSR count). The number of rotatable bonds is 4. The lowest BCUT2D eigenvalue weighted by molar-refractivity contribution is -0.153. The van der Waals surface area contributed by atoms with Crippen LogP contribution in [-0.2, 0) is 14.4 Å². The third-order valence-corrected chi connectivity index (χ3v) is 4.26. The van der Waals surface area contributed by atoms with Crippen molar-refractivity contribution in [2.24, 2.45) is 11.3 Å². The summed E-state index contributed by atoms with van der Waals surface area (Å²) >= 11 is 0. The number of nitrogens with zero attached hydrogens (tertiary/aromatic N) is 2. The summed E-state index contributed by atoms with van der Waals surface area (Å²) in [5, 5.41) is 9.28. The van der Waals surface area contributed by atoms with Gasteiger partial charge in [-0.05, 0) is 32.6 Å². The Morgan fingerprint density at radius 3 is 2.45 bits per heavy atom. The number of aliphatic carboxylic acids is 1. The van der Waals surface area contributed by atoms with Gasteiger partial charge in [0.15, 0.2) is 0 Å². The molecule has 0 bridgehead atoms. The van der Waals surface area contributed by atoms with E-state index in [1.54, 1.807) is 25.8 Å². The standard InChI is InChI=1S/C14H24N2O4/c1-10(17)15(4)9-12(18)16-7-5-6-11(8-16)14(2,3)13(19)20/h11H,5-9H2,1-4H3,(H,19,20). The van der Waals surface area contributed by atoms with Gasteiger partial charge in [-0.1, -0.05) is 0 Å². The Morgan fingerprint density at radius 2 is 1.95 bits per heavy atom. The number of amides is 2. The number of carbonyl (C=O) groups is 3. The Balaban J connectivity index is 2.67. The van der Waals surface area contributed by atoms with Crippen LogP contribution in [0.2, 0.25) is 0 Å². The van der Waals surface area contributed by atoms with Crippen molar-refractivity contribution >= 4 is 17.8 Å². The first kappa shape index (κ1) is 16.5. The summed E-state index contributed by atoms with van der Waals surface area (Å²) in [5.74, 6) is -1.16. The molecular formula is C14H24N2O4. The summed E-state index contributed by atoms with van der Waals surface area (Å²) in [7, 11) is 1.59. The summed E-state index contributed by atoms with van der Waals surface area (Å²) in [5.41, 5.74) is -0.842. The number of hydrogen-bond acceptors (Lipinski definition) is 3. The van der Waals surface area contributed by atoms with Crippen molar-refractivity contribution in [3.8, 4) is 0 Å². The molecule has 0 aromatic carbocycles. The molecule has 6 heteroatoms. The predicted octanol–water partition coefficient (Wildman–Crippen LogP) is 0.814. The molecule has 2 amide bonds. The van der Waals surface area contributed by atoms with Crippen molar-refractivity contribution in [3.63, 3.8) is 0 Å². The van der Waals surface area contributed by atoms with E-state index in [1.807, 2.05) is 0 Å². The van der Waals surface area contributed by atoms with E-state index in [0.717, 1.165) is 12.8 Å². The Labute approximate surface area is 119 Å². The Bertz CT molecular complexity index is 406. The van der Waals surface area contributed by atoms with Crippen molar-refractivity contribution in [3.05, 3.63) is 0 Å². The van der Waals surface area contributed by atoms with E-state index >= 15 is 0 Å². The van der Waals surface area contributed by atoms with Gasteiger partial charge < -0.3 is 14.9 Å². The number of likely N-dealkylation sites (tertiary alicyclic amines) is 1. The molecule has 0 aromatic heterocycles. The predicted molar refractivity (Wildman–Crippen MR) is 74.0 cm³/mol. The highest BCUT2D eigenvalue weighted by atomic mass is 16.4. The van der Waals surface area contributed by atoms with E-state index in [4.69, 9.17) is 0 Å². The monoisotopic (exact) mass is 284 g/mol. The van der Waals surface area contributed by atoms with E-state index in [1.165, 1.54) is 11.8 Å². The average molecular weight is 284 g/mol. The van der Waals surface area contributed by atoms with Crippen molar-refractivity contribution in [1.82, 2.24) is 9.80 Å². The van der Waals surface area contributed by atoms with Crippen LogP contribution in [0.25, 0.3) is 0 Å². The average Bonchev–Trinajstić information content (AvgIpc) is 2.38. The summed E-state index contributed by atoms with van der Waals surface area (Å²) < 4.78 is 0. The van der Waals surface area contributed by atoms with E-state index in [-0.39, 0.29) is 24.3 Å². The third-order valence-electron chi connectivity index (χ3n) is 4.26. The lowest BCUT2D eigenvalue weighted by Crippen LogP contribution is -2.49. The highest BCUT2D eigenvalue weighted by Gasteiger charge is 2.40. The van der Waals surface area contributed by atoms with Crippen LogP contribution < -0.4 is 0 Å². The maximum absolute atomic E-state index is 12.1. The van der Waals surface area contributed by atoms with Crippen molar-refractivity contribution in [1.29, 1.82) is 0 Å². The quantitative estimate of drug-likeness (QED) is 0.829. The van der Waals surface area contributed by atoms with E-state index in [0.29, 0.717) is 13.1 Å². The van der Waals surface area contributed by atoms with Gasteiger partial charge in [0.2, 0.25) is 11.8 Å². The molecule has 1 N–H and O–H groups in total. The molecule has 1 aliphatic rings. The van der Waals surface area contributed by atoms with E-state index in [2.05, 4.69) is 0 Å². The highest BCUT2D eigenvalue weighted by molar-refractivity contribution is 5.83. The maximum Gasteiger partial charge on any atom is 0.309 e. The molecule has 1 aliphatic heterocycles. The summed E-state index contributed by atoms with van der Waals surface area (Å²) in [6.45, 7) is 5.96. The van der Waals surface area contributed by atoms with Crippen LogP contribution in [0.5, 0.6) is 0 Å². The Hall–Kier alpha value is -1.59. The summed E-state index contributed by atoms with van der Waals surface area (Å²) in [4.78, 5) is 37.6. The minimum Gasteiger partial charge on any atom is -0.481 e. The number of piperidine rings is 1. The van der Waals surface area contributed by atoms with Crippen LogP contribution >= 0.6 is 0 Å². The molecule has 0 aliphatic carbocycles. The largest absolute Gasteiger partial charge is 0.481 e. The zero-order chi connectivity index (χ0) is 15.5. The van der Waals surface area contributed by atoms with Crippen molar-refractivity contribution in [2.45, 2.75) is 33.6 Å². The third kappa shape index (κ3) is 3.71. The van der Waals surface area contributed by atoms with Crippen LogP contribution in [0.4, 0.5) is 0 Å². The topological polar surface area (TPSA) is 77.9 Å². The fourth-order valence-electron chi connectivity index (χ4n) is 2.38. The normalized spacial score (nSPS) is 19.6. The summed E-state index contributed by atoms with van der Waals surface area (Å²) in [6, 6.07) is 0. The van der Waals surface area contributed by atoms with Crippen LogP contribution in [0.3, 0.4) is 0 Å². The van der Waals surface area contributed by atoms with Gasteiger partial charge in [-0.2, -0.15) is 0 Å². The lowest BCUT2D eigenvalue weighted by Gasteiger charge is -2.39. The van der Waals surface area contributed by atoms with Gasteiger partial charge in [-0.15, -0.1) is 0 Å². The number of carboxylic acid groups (broad SMARTS) is 1. The molecule has 0 spiro atoms. The van der Waals surface area contributed by atoms with Crippen LogP contribution in [0.1, 0.15) is 33.6 Å². The Kier molecular flexibility index (Phi) is 5.14. The fourth-order valence-corrected chi connectivity index (χ4v) is 2.38. The molecule has 1 fully saturated rings. The first-order chi connectivity index (χ1) is 9.16. The highest BCUT2D eigenvalue weighted by Crippen LogP contribution is 2.34. The molecule has 6 nitrogen and oxygen atoms in total. The number of carboxylic acids is 1. The van der Waals surface area contributed by atoms with Gasteiger partial charge in [-0.25, -0.2) is 0 Å². The molecular weight excluding hydrogens is 260 g/mol. The van der Waals surface area contributed by atoms with Crippen LogP contribution in [0.15, 0.2) is 0 Å². The van der Waals surface area contributed by atoms with Crippen molar-refractivity contribution < 1.29 is 19.5 Å². The molecule has 1 unspecified atom stereocenters. The Morgan fingerprint density at radius 1 is 1.35 bits per heavy atom. The van der Waals surface area contributed by atoms with Crippen molar-refractivity contribution in [2.75, 3.05) is 26.7 Å². The molecule has 1 atom stereocenters. The number of likely N-dealkylation sites (N-methyl/N-ethyl adjacent to an activating group) is 1. The maximum atomic E-state index is 12.1. The first-order valence-corrected chi connectivity index (χ1v) is 6.89. The second-order valence-corrected chi connectivity index (χ2v) is 6.08. The van der Waals surface area contributed by atoms with Crippen LogP contribution in [0, 0.1) is 11.3 Å². The zero-order valence-electron chi connectivity index (χ0n) is 12.7. The first-order valence-electron chi connectivity index (χ1n) is 6.89. The van der Waals surface area contributed by atoms with Gasteiger partial charge in [0, 0.05) is 27.1 Å². The minimum absolute atomic E-state index is 0.0511. The SMILES string of the molecule is CC(=O)N(C)CC(=O)N1CCCC(C(C)(C)C(=O)O)C1. The lowest BCUT2D eigenvalue weighted by atomic mass is 9.74. The molecule has 0 saturated carbocycles. The van der Waals surface area contributed by atoms with Gasteiger partial charge >= 0.3 is 5.97 Å². The van der Waals surface area contributed by atoms with E-state index in [9.17, 15) is 19.5 Å². The van der Waals surface area contributed by atoms with Gasteiger partial charge in [0.1, 0.15) is 0 Å². The molecule has 1 heterocycles. The molecule has 114 valence electrons. The smallest absolute Gasteiger partial charge is 0.309 e. The van der Waals surface area contributed by atoms with E-state index < -0.39 is 11.4 Å². The number of carbonyl (C=O) groups excluding carboxylic acids is 2. The van der Waals surface area contributed by atoms with Crippen LogP contribution in [-0.4, -0.2) is 59.4 Å². The second kappa shape index (κ2) is 6.24. The van der Waals surface area contributed by atoms with Gasteiger partial charge in [-0.3, -0.25) is 14.4 Å². The minimum atomic E-state index is -0.842. The van der Waals surface area contributed by atoms with Gasteiger partial charge in [0.05, 0.1) is 12.0 Å². The molecule has 0 radical (unpaired) electrons. The zero-order valence-corrected chi connectivity index (χ0v) is 12.7. The fraction of sp³-hybridized carbons (Fsp3) is 0.786. The molecule has 20 heavy (non-hydrogen) atoms. The molecule has 1 saturated heterocycles. The summed E-state index contributed by atoms with van der Waals surface area (Å²) in [6.07, 6.45) is 1.61. The van der Waals surface area contributed by atoms with Gasteiger partial charge in [0.25, 0.3) is 0 Å².